The molecule has 1 nitrogen and oxygen atoms in total. The molecule has 0 fully saturated rings. The van der Waals surface area contributed by atoms with Gasteiger partial charge in [0.25, 0.3) is 0 Å². The minimum atomic E-state index is -0.689. The van der Waals surface area contributed by atoms with Crippen molar-refractivity contribution < 1.29 is 5.11 Å². The van der Waals surface area contributed by atoms with Gasteiger partial charge < -0.3 is 5.11 Å². The third-order valence-corrected chi connectivity index (χ3v) is 3.90. The van der Waals surface area contributed by atoms with E-state index in [1.807, 2.05) is 19.9 Å². The Hall–Kier alpha value is -0.560. The van der Waals surface area contributed by atoms with Gasteiger partial charge in [0, 0.05) is 0 Å². The van der Waals surface area contributed by atoms with Gasteiger partial charge in [-0.3, -0.25) is 0 Å². The number of aliphatic hydroxyl groups is 1. The fourth-order valence-electron chi connectivity index (χ4n) is 2.12. The third-order valence-electron chi connectivity index (χ3n) is 3.90. The van der Waals surface area contributed by atoms with Crippen molar-refractivity contribution >= 4 is 0 Å². The Balaban J connectivity index is 2.67. The van der Waals surface area contributed by atoms with Crippen molar-refractivity contribution in [2.45, 2.75) is 59.5 Å². The summed E-state index contributed by atoms with van der Waals surface area (Å²) in [5, 5.41) is 9.69. The smallest absolute Gasteiger partial charge is 0.0771 e. The first kappa shape index (κ1) is 13.5. The Labute approximate surface area is 100 Å². The quantitative estimate of drug-likeness (QED) is 0.713. The third kappa shape index (κ3) is 3.79. The summed E-state index contributed by atoms with van der Waals surface area (Å²) in [6.45, 7) is 10.5. The van der Waals surface area contributed by atoms with Crippen LogP contribution in [0.15, 0.2) is 23.8 Å². The van der Waals surface area contributed by atoms with Gasteiger partial charge in [0.15, 0.2) is 0 Å². The molecule has 2 unspecified atom stereocenters. The van der Waals surface area contributed by atoms with E-state index in [2.05, 4.69) is 32.9 Å². The Morgan fingerprint density at radius 3 is 2.56 bits per heavy atom. The first-order chi connectivity index (χ1) is 7.23. The first-order valence-electron chi connectivity index (χ1n) is 6.30. The van der Waals surface area contributed by atoms with Crippen molar-refractivity contribution in [2.75, 3.05) is 0 Å². The van der Waals surface area contributed by atoms with Gasteiger partial charge in [-0.15, -0.1) is 0 Å². The molecule has 1 heteroatoms. The van der Waals surface area contributed by atoms with Crippen LogP contribution in [0, 0.1) is 11.3 Å². The Morgan fingerprint density at radius 2 is 2.12 bits per heavy atom. The van der Waals surface area contributed by atoms with Crippen molar-refractivity contribution in [1.82, 2.24) is 0 Å². The maximum Gasteiger partial charge on any atom is 0.0771 e. The molecule has 0 saturated heterocycles. The zero-order valence-corrected chi connectivity index (χ0v) is 11.4. The van der Waals surface area contributed by atoms with Gasteiger partial charge in [-0.05, 0) is 51.4 Å². The predicted octanol–water partition coefficient (Wildman–Crippen LogP) is 4.09. The molecule has 0 heterocycles. The first-order valence-corrected chi connectivity index (χ1v) is 6.30. The van der Waals surface area contributed by atoms with Crippen LogP contribution in [0.2, 0.25) is 0 Å². The fraction of sp³-hybridized carbons (Fsp3) is 0.733. The highest BCUT2D eigenvalue weighted by atomic mass is 16.3. The standard InChI is InChI=1S/C15H26O/c1-12-6-10-15(5,11-7-12)13(2)8-9-14(3,4)16/h6,8-9,13,16H,7,10-11H2,1-5H3. The van der Waals surface area contributed by atoms with E-state index in [1.165, 1.54) is 18.4 Å². The molecule has 0 amide bonds. The summed E-state index contributed by atoms with van der Waals surface area (Å²) in [6.07, 6.45) is 10.1. The van der Waals surface area contributed by atoms with E-state index < -0.39 is 5.60 Å². The Morgan fingerprint density at radius 1 is 1.50 bits per heavy atom. The van der Waals surface area contributed by atoms with Crippen LogP contribution in [-0.2, 0) is 0 Å². The molecular formula is C15H26O. The monoisotopic (exact) mass is 222 g/mol. The van der Waals surface area contributed by atoms with Gasteiger partial charge in [-0.2, -0.15) is 0 Å². The summed E-state index contributed by atoms with van der Waals surface area (Å²) in [5.74, 6) is 0.517. The summed E-state index contributed by atoms with van der Waals surface area (Å²) in [7, 11) is 0. The molecule has 2 atom stereocenters. The molecule has 1 rings (SSSR count). The topological polar surface area (TPSA) is 20.2 Å². The van der Waals surface area contributed by atoms with Gasteiger partial charge in [-0.25, -0.2) is 0 Å². The van der Waals surface area contributed by atoms with Gasteiger partial charge >= 0.3 is 0 Å². The summed E-state index contributed by atoms with van der Waals surface area (Å²) in [5.41, 5.74) is 1.20. The van der Waals surface area contributed by atoms with Crippen molar-refractivity contribution in [3.8, 4) is 0 Å². The molecule has 1 aliphatic rings. The second-order valence-electron chi connectivity index (χ2n) is 6.21. The van der Waals surface area contributed by atoms with E-state index >= 15 is 0 Å². The zero-order valence-electron chi connectivity index (χ0n) is 11.4. The van der Waals surface area contributed by atoms with Gasteiger partial charge in [-0.1, -0.05) is 37.6 Å². The van der Waals surface area contributed by atoms with E-state index in [-0.39, 0.29) is 0 Å². The number of hydrogen-bond acceptors (Lipinski definition) is 1. The fourth-order valence-corrected chi connectivity index (χ4v) is 2.12. The SMILES string of the molecule is CC1=CCC(C)(C(C)C=CC(C)(C)O)CC1. The molecular weight excluding hydrogens is 196 g/mol. The van der Waals surface area contributed by atoms with Crippen LogP contribution in [0.25, 0.3) is 0 Å². The van der Waals surface area contributed by atoms with Crippen molar-refractivity contribution in [2.24, 2.45) is 11.3 Å². The van der Waals surface area contributed by atoms with Gasteiger partial charge in [0.2, 0.25) is 0 Å². The zero-order chi connectivity index (χ0) is 12.4. The summed E-state index contributed by atoms with van der Waals surface area (Å²) in [4.78, 5) is 0. The molecule has 0 aromatic heterocycles. The maximum absolute atomic E-state index is 9.69. The molecule has 16 heavy (non-hydrogen) atoms. The molecule has 0 aliphatic heterocycles. The van der Waals surface area contributed by atoms with Crippen LogP contribution >= 0.6 is 0 Å². The van der Waals surface area contributed by atoms with Gasteiger partial charge in [0.05, 0.1) is 5.60 Å². The average Bonchev–Trinajstić information content (AvgIpc) is 2.18. The largest absolute Gasteiger partial charge is 0.386 e. The molecule has 0 spiro atoms. The molecule has 92 valence electrons. The van der Waals surface area contributed by atoms with Crippen LogP contribution in [-0.4, -0.2) is 10.7 Å². The lowest BCUT2D eigenvalue weighted by Gasteiger charge is -2.37. The highest BCUT2D eigenvalue weighted by molar-refractivity contribution is 5.10. The minimum absolute atomic E-state index is 0.362. The lowest BCUT2D eigenvalue weighted by molar-refractivity contribution is 0.130. The minimum Gasteiger partial charge on any atom is -0.386 e. The van der Waals surface area contributed by atoms with Crippen molar-refractivity contribution in [3.05, 3.63) is 23.8 Å². The molecule has 1 N–H and O–H groups in total. The Kier molecular flexibility index (Phi) is 4.01. The maximum atomic E-state index is 9.69. The molecule has 0 bridgehead atoms. The lowest BCUT2D eigenvalue weighted by atomic mass is 9.68. The van der Waals surface area contributed by atoms with E-state index in [4.69, 9.17) is 0 Å². The Bertz CT molecular complexity index is 293. The molecule has 0 radical (unpaired) electrons. The summed E-state index contributed by atoms with van der Waals surface area (Å²) >= 11 is 0. The molecule has 1 aliphatic carbocycles. The predicted molar refractivity (Wildman–Crippen MR) is 70.3 cm³/mol. The highest BCUT2D eigenvalue weighted by Gasteiger charge is 2.30. The highest BCUT2D eigenvalue weighted by Crippen LogP contribution is 2.41. The van der Waals surface area contributed by atoms with E-state index in [9.17, 15) is 5.11 Å². The molecule has 0 aromatic rings. The molecule has 0 saturated carbocycles. The van der Waals surface area contributed by atoms with Crippen LogP contribution in [0.3, 0.4) is 0 Å². The van der Waals surface area contributed by atoms with Crippen LogP contribution in [0.4, 0.5) is 0 Å². The van der Waals surface area contributed by atoms with E-state index in [1.54, 1.807) is 0 Å². The summed E-state index contributed by atoms with van der Waals surface area (Å²) in [6, 6.07) is 0. The average molecular weight is 222 g/mol. The van der Waals surface area contributed by atoms with Crippen molar-refractivity contribution in [1.29, 1.82) is 0 Å². The lowest BCUT2D eigenvalue weighted by Crippen LogP contribution is -2.26. The second-order valence-corrected chi connectivity index (χ2v) is 6.21. The number of hydrogen-bond donors (Lipinski definition) is 1. The van der Waals surface area contributed by atoms with Crippen LogP contribution in [0.5, 0.6) is 0 Å². The van der Waals surface area contributed by atoms with Crippen LogP contribution < -0.4 is 0 Å². The van der Waals surface area contributed by atoms with Crippen LogP contribution in [0.1, 0.15) is 53.9 Å². The second kappa shape index (κ2) is 4.75. The number of rotatable bonds is 3. The number of allylic oxidation sites excluding steroid dienone is 3. The molecule has 0 aromatic carbocycles. The van der Waals surface area contributed by atoms with Crippen molar-refractivity contribution in [3.63, 3.8) is 0 Å². The van der Waals surface area contributed by atoms with E-state index in [0.29, 0.717) is 11.3 Å². The van der Waals surface area contributed by atoms with E-state index in [0.717, 1.165) is 6.42 Å². The normalized spacial score (nSPS) is 29.2. The van der Waals surface area contributed by atoms with Gasteiger partial charge in [0.1, 0.15) is 0 Å². The summed E-state index contributed by atoms with van der Waals surface area (Å²) < 4.78 is 0.